The summed E-state index contributed by atoms with van der Waals surface area (Å²) in [5.41, 5.74) is 3.67. The fraction of sp³-hybridized carbons (Fsp3) is 0.535. The lowest BCUT2D eigenvalue weighted by molar-refractivity contribution is -0.136. The first-order chi connectivity index (χ1) is 28.2. The molecule has 304 valence electrons. The molecule has 0 radical (unpaired) electrons. The number of piperidine rings is 2. The van der Waals surface area contributed by atoms with Gasteiger partial charge in [0, 0.05) is 74.8 Å². The second-order valence-corrected chi connectivity index (χ2v) is 17.1. The first-order valence-corrected chi connectivity index (χ1v) is 21.0. The fourth-order valence-electron chi connectivity index (χ4n) is 9.59. The SMILES string of the molecule is CC(Oc1ccc2[nH]nc(-c3cc(N4CCN(CC5CC(OC6CCN(c7ccc8c(c7F)CN(C7CCC(=O)NC7=O)C8=O)CC6)C5)CC4)ncn3)c2c1)C1CC1. The molecule has 2 saturated carbocycles. The van der Waals surface area contributed by atoms with E-state index in [2.05, 4.69) is 48.3 Å². The molecule has 5 fully saturated rings. The normalized spacial score (nSPS) is 24.9. The lowest BCUT2D eigenvalue weighted by Gasteiger charge is -2.43. The zero-order valence-corrected chi connectivity index (χ0v) is 32.9. The molecule has 15 heteroatoms. The number of nitrogens with one attached hydrogen (secondary N) is 2. The van der Waals surface area contributed by atoms with Crippen LogP contribution < -0.4 is 19.9 Å². The third-order valence-electron chi connectivity index (χ3n) is 13.2. The molecule has 2 N–H and O–H groups in total. The molecule has 3 saturated heterocycles. The summed E-state index contributed by atoms with van der Waals surface area (Å²) in [5, 5.41) is 11.1. The van der Waals surface area contributed by atoms with Crippen LogP contribution in [0.2, 0.25) is 0 Å². The lowest BCUT2D eigenvalue weighted by Crippen LogP contribution is -2.52. The van der Waals surface area contributed by atoms with Crippen LogP contribution in [0.3, 0.4) is 0 Å². The van der Waals surface area contributed by atoms with Crippen molar-refractivity contribution in [1.82, 2.24) is 35.3 Å². The summed E-state index contributed by atoms with van der Waals surface area (Å²) < 4.78 is 28.7. The number of anilines is 2. The molecule has 2 aromatic carbocycles. The Hall–Kier alpha value is -5.15. The molecular formula is C43H50FN9O5. The molecule has 6 heterocycles. The maximum Gasteiger partial charge on any atom is 0.255 e. The number of halogens is 1. The van der Waals surface area contributed by atoms with Gasteiger partial charge in [0.1, 0.15) is 29.6 Å². The maximum absolute atomic E-state index is 15.9. The summed E-state index contributed by atoms with van der Waals surface area (Å²) in [6.45, 7) is 8.37. The molecule has 2 aromatic heterocycles. The third kappa shape index (κ3) is 7.27. The van der Waals surface area contributed by atoms with Gasteiger partial charge in [0.05, 0.1) is 41.8 Å². The van der Waals surface area contributed by atoms with Gasteiger partial charge < -0.3 is 24.2 Å². The van der Waals surface area contributed by atoms with Gasteiger partial charge in [0.25, 0.3) is 5.91 Å². The number of rotatable bonds is 11. The van der Waals surface area contributed by atoms with Crippen molar-refractivity contribution in [3.63, 3.8) is 0 Å². The van der Waals surface area contributed by atoms with Crippen LogP contribution in [0.25, 0.3) is 22.3 Å². The third-order valence-corrected chi connectivity index (χ3v) is 13.2. The van der Waals surface area contributed by atoms with Crippen molar-refractivity contribution in [3.05, 3.63) is 59.7 Å². The van der Waals surface area contributed by atoms with Crippen LogP contribution in [0.1, 0.15) is 74.2 Å². The second-order valence-electron chi connectivity index (χ2n) is 17.1. The highest BCUT2D eigenvalue weighted by Gasteiger charge is 2.41. The van der Waals surface area contributed by atoms with Crippen LogP contribution in [0.15, 0.2) is 42.7 Å². The molecule has 2 unspecified atom stereocenters. The molecular weight excluding hydrogens is 742 g/mol. The minimum atomic E-state index is -0.764. The number of hydrogen-bond acceptors (Lipinski definition) is 11. The summed E-state index contributed by atoms with van der Waals surface area (Å²) >= 11 is 0. The number of aromatic amines is 1. The van der Waals surface area contributed by atoms with E-state index in [9.17, 15) is 14.4 Å². The van der Waals surface area contributed by atoms with Crippen molar-refractivity contribution in [3.8, 4) is 17.1 Å². The summed E-state index contributed by atoms with van der Waals surface area (Å²) in [7, 11) is 0. The van der Waals surface area contributed by atoms with Crippen LogP contribution in [0.4, 0.5) is 15.9 Å². The topological polar surface area (TPSA) is 149 Å². The number of imide groups is 1. The number of hydrogen-bond donors (Lipinski definition) is 2. The van der Waals surface area contributed by atoms with Crippen LogP contribution in [-0.2, 0) is 20.9 Å². The minimum Gasteiger partial charge on any atom is -0.490 e. The molecule has 6 aliphatic rings. The maximum atomic E-state index is 15.9. The summed E-state index contributed by atoms with van der Waals surface area (Å²) in [6, 6.07) is 10.7. The minimum absolute atomic E-state index is 0.0303. The highest BCUT2D eigenvalue weighted by Crippen LogP contribution is 2.38. The second kappa shape index (κ2) is 15.2. The molecule has 4 aromatic rings. The van der Waals surface area contributed by atoms with E-state index in [0.29, 0.717) is 41.7 Å². The van der Waals surface area contributed by atoms with Gasteiger partial charge >= 0.3 is 0 Å². The van der Waals surface area contributed by atoms with E-state index >= 15 is 4.39 Å². The predicted octanol–water partition coefficient (Wildman–Crippen LogP) is 4.68. The van der Waals surface area contributed by atoms with Gasteiger partial charge in [-0.1, -0.05) is 0 Å². The van der Waals surface area contributed by atoms with Gasteiger partial charge in [0.15, 0.2) is 5.82 Å². The summed E-state index contributed by atoms with van der Waals surface area (Å²) in [4.78, 5) is 54.7. The molecule has 0 bridgehead atoms. The first-order valence-electron chi connectivity index (χ1n) is 21.0. The Morgan fingerprint density at radius 1 is 0.897 bits per heavy atom. The van der Waals surface area contributed by atoms with Crippen LogP contribution >= 0.6 is 0 Å². The Morgan fingerprint density at radius 3 is 2.48 bits per heavy atom. The monoisotopic (exact) mass is 791 g/mol. The van der Waals surface area contributed by atoms with Crippen molar-refractivity contribution in [1.29, 1.82) is 0 Å². The Balaban J connectivity index is 0.669. The van der Waals surface area contributed by atoms with Crippen LogP contribution in [0.5, 0.6) is 5.75 Å². The predicted molar refractivity (Wildman–Crippen MR) is 214 cm³/mol. The summed E-state index contributed by atoms with van der Waals surface area (Å²) in [5.74, 6) is 1.46. The van der Waals surface area contributed by atoms with E-state index in [0.717, 1.165) is 92.3 Å². The fourth-order valence-corrected chi connectivity index (χ4v) is 9.59. The molecule has 0 spiro atoms. The van der Waals surface area contributed by atoms with Crippen molar-refractivity contribution < 1.29 is 28.2 Å². The summed E-state index contributed by atoms with van der Waals surface area (Å²) in [6.07, 6.45) is 8.94. The van der Waals surface area contributed by atoms with Crippen LogP contribution in [0, 0.1) is 17.7 Å². The number of carbonyl (C=O) groups is 3. The Bertz CT molecular complexity index is 2220. The van der Waals surface area contributed by atoms with Gasteiger partial charge in [-0.3, -0.25) is 29.7 Å². The van der Waals surface area contributed by atoms with E-state index in [1.165, 1.54) is 17.7 Å². The molecule has 4 aliphatic heterocycles. The van der Waals surface area contributed by atoms with Gasteiger partial charge in [-0.25, -0.2) is 14.4 Å². The van der Waals surface area contributed by atoms with Gasteiger partial charge in [-0.2, -0.15) is 5.10 Å². The average Bonchev–Trinajstić information content (AvgIpc) is 3.91. The van der Waals surface area contributed by atoms with Crippen LogP contribution in [-0.4, -0.2) is 118 Å². The van der Waals surface area contributed by atoms with Gasteiger partial charge in [-0.15, -0.1) is 0 Å². The largest absolute Gasteiger partial charge is 0.490 e. The number of ether oxygens (including phenoxy) is 2. The molecule has 10 rings (SSSR count). The Morgan fingerprint density at radius 2 is 1.71 bits per heavy atom. The van der Waals surface area contributed by atoms with Crippen molar-refractivity contribution in [2.45, 2.75) is 89.2 Å². The highest BCUT2D eigenvalue weighted by atomic mass is 19.1. The highest BCUT2D eigenvalue weighted by molar-refractivity contribution is 6.05. The van der Waals surface area contributed by atoms with E-state index in [4.69, 9.17) is 9.47 Å². The smallest absolute Gasteiger partial charge is 0.255 e. The van der Waals surface area contributed by atoms with E-state index in [1.54, 1.807) is 18.5 Å². The average molecular weight is 792 g/mol. The Kier molecular flexibility index (Phi) is 9.75. The molecule has 3 amide bonds. The van der Waals surface area contributed by atoms with E-state index in [-0.39, 0.29) is 49.5 Å². The zero-order valence-electron chi connectivity index (χ0n) is 32.9. The first kappa shape index (κ1) is 37.1. The molecule has 2 aliphatic carbocycles. The number of nitrogens with zero attached hydrogens (tertiary/aromatic N) is 7. The van der Waals surface area contributed by atoms with Crippen molar-refractivity contribution in [2.75, 3.05) is 55.6 Å². The zero-order chi connectivity index (χ0) is 39.5. The Labute approximate surface area is 336 Å². The molecule has 14 nitrogen and oxygen atoms in total. The number of benzene rings is 2. The van der Waals surface area contributed by atoms with Gasteiger partial charge in [0.2, 0.25) is 11.8 Å². The molecule has 2 atom stereocenters. The number of H-pyrrole nitrogens is 1. The number of carbonyl (C=O) groups excluding carboxylic acids is 3. The number of fused-ring (bicyclic) bond motifs is 2. The lowest BCUT2D eigenvalue weighted by atomic mass is 9.81. The number of amides is 3. The van der Waals surface area contributed by atoms with E-state index < -0.39 is 17.8 Å². The standard InChI is InChI=1S/C43H50FN9O5/c1-25(27-2-3-27)57-29-4-6-34-32(20-29)41(49-48-34)35-21-38(46-24-45-35)52-16-14-50(15-17-52)22-26-18-30(19-26)58-28-10-12-51(13-11-28)36-7-5-31-33(40(36)44)23-53(43(31)56)37-8-9-39(54)47-42(37)55/h4-7,20-21,24-28,30,37H,2-3,8-19,22-23H2,1H3,(H,48,49)(H,47,54,55). The van der Waals surface area contributed by atoms with Crippen molar-refractivity contribution in [2.24, 2.45) is 11.8 Å². The number of piperazine rings is 1. The number of aromatic nitrogens is 4. The molecule has 58 heavy (non-hydrogen) atoms. The quantitative estimate of drug-likeness (QED) is 0.204. The van der Waals surface area contributed by atoms with Gasteiger partial charge in [-0.05, 0) is 94.0 Å². The van der Waals surface area contributed by atoms with E-state index in [1.807, 2.05) is 23.1 Å². The van der Waals surface area contributed by atoms with Crippen molar-refractivity contribution >= 4 is 40.1 Å².